The summed E-state index contributed by atoms with van der Waals surface area (Å²) in [5.41, 5.74) is -4.46. The summed E-state index contributed by atoms with van der Waals surface area (Å²) in [6, 6.07) is 9.98. The zero-order valence-electron chi connectivity index (χ0n) is 34.0. The fraction of sp³-hybridized carbons (Fsp3) is 0.289. The molecule has 368 valence electrons. The van der Waals surface area contributed by atoms with Crippen LogP contribution in [0.1, 0.15) is 44.9 Å². The predicted molar refractivity (Wildman–Crippen MR) is 207 cm³/mol. The first-order valence-electron chi connectivity index (χ1n) is 18.5. The molecule has 1 aliphatic rings. The first-order valence-corrected chi connectivity index (χ1v) is 19.3. The van der Waals surface area contributed by atoms with Crippen molar-refractivity contribution in [1.82, 2.24) is 44.4 Å². The molecule has 0 atom stereocenters. The van der Waals surface area contributed by atoms with Gasteiger partial charge in [-0.1, -0.05) is 35.3 Å². The first kappa shape index (κ1) is 51.3. The number of alkyl halides is 14. The molecule has 15 nitrogen and oxygen atoms in total. The Morgan fingerprint density at radius 3 is 1.45 bits per heavy atom. The summed E-state index contributed by atoms with van der Waals surface area (Å²) in [6.45, 7) is -7.49. The molecule has 0 spiro atoms. The van der Waals surface area contributed by atoms with Gasteiger partial charge in [-0.05, 0) is 48.2 Å². The maximum atomic E-state index is 14.0. The average Bonchev–Trinajstić information content (AvgIpc) is 3.60. The zero-order chi connectivity index (χ0) is 51.3. The quantitative estimate of drug-likeness (QED) is 0.106. The molecule has 0 aliphatic heterocycles. The lowest BCUT2D eigenvalue weighted by Crippen LogP contribution is -2.35. The summed E-state index contributed by atoms with van der Waals surface area (Å²) < 4.78 is 195. The van der Waals surface area contributed by atoms with Gasteiger partial charge in [-0.15, -0.1) is 0 Å². The van der Waals surface area contributed by atoms with Crippen LogP contribution in [0.3, 0.4) is 0 Å². The Balaban J connectivity index is 0.000000229. The van der Waals surface area contributed by atoms with Gasteiger partial charge in [-0.3, -0.25) is 4.79 Å². The summed E-state index contributed by atoms with van der Waals surface area (Å²) in [5, 5.41) is 34.6. The summed E-state index contributed by atoms with van der Waals surface area (Å²) >= 11 is 11.9. The highest BCUT2D eigenvalue weighted by molar-refractivity contribution is 6.34. The van der Waals surface area contributed by atoms with Crippen LogP contribution in [-0.2, 0) is 25.9 Å². The van der Waals surface area contributed by atoms with Crippen molar-refractivity contribution in [2.75, 3.05) is 0 Å². The highest BCUT2D eigenvalue weighted by Gasteiger charge is 2.64. The monoisotopic (exact) mass is 1040 g/mol. The largest absolute Gasteiger partial charge is 0.478 e. The van der Waals surface area contributed by atoms with Crippen LogP contribution in [0.4, 0.5) is 61.5 Å². The number of hydrogen-bond acceptors (Lipinski definition) is 9. The lowest BCUT2D eigenvalue weighted by atomic mass is 10.1. The maximum Gasteiger partial charge on any atom is 0.459 e. The van der Waals surface area contributed by atoms with Crippen LogP contribution in [0.15, 0.2) is 61.2 Å². The summed E-state index contributed by atoms with van der Waals surface area (Å²) in [6.07, 6.45) is -6.90. The minimum absolute atomic E-state index is 0.00260. The third-order valence-corrected chi connectivity index (χ3v) is 10.3. The summed E-state index contributed by atoms with van der Waals surface area (Å²) in [7, 11) is 1.87. The number of ether oxygens (including phenoxy) is 2. The molecule has 1 saturated carbocycles. The minimum Gasteiger partial charge on any atom is -0.478 e. The molecule has 31 heteroatoms. The van der Waals surface area contributed by atoms with Gasteiger partial charge in [-0.25, -0.2) is 23.5 Å². The van der Waals surface area contributed by atoms with E-state index in [1.807, 2.05) is 6.07 Å². The van der Waals surface area contributed by atoms with Crippen molar-refractivity contribution in [3.63, 3.8) is 0 Å². The lowest BCUT2D eigenvalue weighted by Gasteiger charge is -2.18. The van der Waals surface area contributed by atoms with E-state index in [1.165, 1.54) is 30.3 Å². The van der Waals surface area contributed by atoms with Crippen molar-refractivity contribution in [2.24, 2.45) is 14.1 Å². The highest BCUT2D eigenvalue weighted by atomic mass is 35.5. The van der Waals surface area contributed by atoms with Crippen molar-refractivity contribution in [3.8, 4) is 51.5 Å². The van der Waals surface area contributed by atoms with Gasteiger partial charge in [0.05, 0.1) is 39.6 Å². The second-order valence-electron chi connectivity index (χ2n) is 14.3. The Labute approximate surface area is 384 Å². The van der Waals surface area contributed by atoms with Gasteiger partial charge >= 0.3 is 43.4 Å². The summed E-state index contributed by atoms with van der Waals surface area (Å²) in [4.78, 5) is 23.9. The molecule has 1 aliphatic carbocycles. The van der Waals surface area contributed by atoms with E-state index in [0.717, 1.165) is 49.6 Å². The van der Waals surface area contributed by atoms with E-state index in [-0.39, 0.29) is 37.9 Å². The van der Waals surface area contributed by atoms with Crippen molar-refractivity contribution in [3.05, 3.63) is 93.7 Å². The van der Waals surface area contributed by atoms with Crippen LogP contribution in [0.2, 0.25) is 10.0 Å². The standard InChI is InChI=1S/C21H14ClF7N6O2.C17H10ClF7N4O3/c1-34-17(14(37-18(23)24)15(33-34)20(25,26)21(27,28)29)35-8-11(7-31-35)10-2-3-13(22)12(6-10)16(36)32-19(9-30)4-5-19;1-28-13(11(32-15(19)20)12(27-28)16(21,22)17(23,24)25)29-6-8(5-26-29)7-2-3-10(18)9(4-7)14(30)31/h2-3,6-8,18H,4-5H2,1H3,(H,32,36);2-6,15H,1H3,(H,30,31). The number of carboxylic acid groups (broad SMARTS) is 1. The van der Waals surface area contributed by atoms with Gasteiger partial charge in [-0.2, -0.15) is 87.1 Å². The predicted octanol–water partition coefficient (Wildman–Crippen LogP) is 9.85. The van der Waals surface area contributed by atoms with Gasteiger partial charge in [0.2, 0.25) is 0 Å². The van der Waals surface area contributed by atoms with E-state index in [9.17, 15) is 76.3 Å². The third kappa shape index (κ3) is 10.2. The van der Waals surface area contributed by atoms with E-state index in [1.54, 1.807) is 0 Å². The number of carbonyl (C=O) groups is 2. The van der Waals surface area contributed by atoms with Gasteiger partial charge in [0, 0.05) is 37.6 Å². The fourth-order valence-corrected chi connectivity index (χ4v) is 6.57. The molecular formula is C38H24Cl2F14N10O5. The molecule has 1 fully saturated rings. The molecule has 6 aromatic rings. The van der Waals surface area contributed by atoms with Crippen LogP contribution < -0.4 is 14.8 Å². The third-order valence-electron chi connectivity index (χ3n) is 9.66. The van der Waals surface area contributed by atoms with Crippen molar-refractivity contribution >= 4 is 35.1 Å². The number of halogens is 16. The summed E-state index contributed by atoms with van der Waals surface area (Å²) in [5.74, 6) is -17.7. The molecule has 4 heterocycles. The number of aromatic nitrogens is 8. The number of benzene rings is 2. The van der Waals surface area contributed by atoms with E-state index < -0.39 is 89.4 Å². The molecular weight excluding hydrogens is 1010 g/mol. The smallest absolute Gasteiger partial charge is 0.459 e. The van der Waals surface area contributed by atoms with Gasteiger partial charge < -0.3 is 19.9 Å². The molecule has 2 aromatic carbocycles. The fourth-order valence-electron chi connectivity index (χ4n) is 6.17. The molecule has 69 heavy (non-hydrogen) atoms. The number of nitriles is 1. The molecule has 0 unspecified atom stereocenters. The van der Waals surface area contributed by atoms with Crippen molar-refractivity contribution < 1.29 is 85.6 Å². The number of hydrogen-bond donors (Lipinski definition) is 2. The van der Waals surface area contributed by atoms with E-state index in [0.29, 0.717) is 32.5 Å². The molecule has 2 N–H and O–H groups in total. The maximum absolute atomic E-state index is 14.0. The number of rotatable bonds is 13. The number of aromatic carboxylic acids is 1. The first-order chi connectivity index (χ1) is 31.9. The number of carbonyl (C=O) groups excluding carboxylic acids is 1. The lowest BCUT2D eigenvalue weighted by molar-refractivity contribution is -0.291. The van der Waals surface area contributed by atoms with Crippen molar-refractivity contribution in [2.45, 2.75) is 55.8 Å². The second-order valence-corrected chi connectivity index (χ2v) is 15.2. The molecule has 0 saturated heterocycles. The van der Waals surface area contributed by atoms with Gasteiger partial charge in [0.25, 0.3) is 5.91 Å². The van der Waals surface area contributed by atoms with E-state index in [2.05, 4.69) is 35.2 Å². The number of nitrogens with one attached hydrogen (secondary N) is 1. The number of amides is 1. The van der Waals surface area contributed by atoms with Gasteiger partial charge in [0.1, 0.15) is 5.54 Å². The van der Waals surface area contributed by atoms with Crippen LogP contribution in [0.5, 0.6) is 11.5 Å². The normalized spacial score (nSPS) is 13.8. The van der Waals surface area contributed by atoms with Gasteiger partial charge in [0.15, 0.2) is 34.5 Å². The van der Waals surface area contributed by atoms with E-state index >= 15 is 0 Å². The molecule has 1 amide bonds. The number of carboxylic acids is 1. The number of aryl methyl sites for hydroxylation is 2. The minimum atomic E-state index is -6.14. The van der Waals surface area contributed by atoms with Crippen molar-refractivity contribution in [1.29, 1.82) is 5.26 Å². The number of nitrogens with zero attached hydrogens (tertiary/aromatic N) is 9. The second kappa shape index (κ2) is 18.4. The Morgan fingerprint density at radius 2 is 1.10 bits per heavy atom. The van der Waals surface area contributed by atoms with Crippen LogP contribution in [-0.4, -0.2) is 87.2 Å². The Bertz CT molecular complexity index is 2970. The van der Waals surface area contributed by atoms with E-state index in [4.69, 9.17) is 28.3 Å². The topological polar surface area (TPSA) is 180 Å². The Morgan fingerprint density at radius 1 is 0.710 bits per heavy atom. The average molecular weight is 1040 g/mol. The molecule has 0 radical (unpaired) electrons. The molecule has 4 aromatic heterocycles. The molecule has 7 rings (SSSR count). The SMILES string of the molecule is Cn1nc(C(F)(F)C(F)(F)F)c(OC(F)F)c1-n1cc(-c2ccc(Cl)c(C(=O)NC3(C#N)CC3)c2)cn1.Cn1nc(C(F)(F)C(F)(F)F)c(OC(F)F)c1-n1cc(-c2ccc(Cl)c(C(=O)O)c2)cn1. The Kier molecular flexibility index (Phi) is 13.7. The van der Waals surface area contributed by atoms with Crippen LogP contribution >= 0.6 is 23.2 Å². The van der Waals surface area contributed by atoms with Crippen LogP contribution in [0, 0.1) is 11.3 Å². The zero-order valence-corrected chi connectivity index (χ0v) is 35.5. The highest BCUT2D eigenvalue weighted by Crippen LogP contribution is 2.50. The Hall–Kier alpha value is -7.09. The van der Waals surface area contributed by atoms with Crippen LogP contribution in [0.25, 0.3) is 33.9 Å². The molecule has 0 bridgehead atoms.